The Labute approximate surface area is 193 Å². The van der Waals surface area contributed by atoms with Crippen LogP contribution in [0.2, 0.25) is 0 Å². The van der Waals surface area contributed by atoms with Crippen molar-refractivity contribution in [2.45, 2.75) is 31.4 Å². The van der Waals surface area contributed by atoms with Crippen molar-refractivity contribution >= 4 is 44.9 Å². The van der Waals surface area contributed by atoms with E-state index in [1.54, 1.807) is 37.0 Å². The quantitative estimate of drug-likeness (QED) is 0.394. The molecule has 32 heavy (non-hydrogen) atoms. The van der Waals surface area contributed by atoms with Gasteiger partial charge in [-0.1, -0.05) is 17.7 Å². The number of aromatic amines is 1. The predicted octanol–water partition coefficient (Wildman–Crippen LogP) is 4.86. The van der Waals surface area contributed by atoms with Gasteiger partial charge in [0.2, 0.25) is 5.88 Å². The van der Waals surface area contributed by atoms with Gasteiger partial charge in [-0.25, -0.2) is 9.97 Å². The molecule has 9 heteroatoms. The molecule has 0 unspecified atom stereocenters. The number of fused-ring (bicyclic) bond motifs is 1. The Morgan fingerprint density at radius 3 is 2.84 bits per heavy atom. The average molecular weight is 467 g/mol. The van der Waals surface area contributed by atoms with E-state index in [1.165, 1.54) is 29.6 Å². The first kappa shape index (κ1) is 22.0. The van der Waals surface area contributed by atoms with Crippen molar-refractivity contribution in [3.63, 3.8) is 0 Å². The summed E-state index contributed by atoms with van der Waals surface area (Å²) in [5.41, 5.74) is 3.20. The topological polar surface area (TPSA) is 97.0 Å². The maximum atomic E-state index is 12.9. The number of pyridine rings is 1. The largest absolute Gasteiger partial charge is 0.480 e. The standard InChI is InChI=1S/C23H22N4O3S2/c1-12-7-8-13(2)16(10-12)31-11-17-26-20(28)18-14(3)19(32-23(18)27-17)21(29)25-15-6-5-9-24-22(15)30-4/h5-10H,11H2,1-4H3,(H,25,29)(H,26,27,28). The zero-order valence-corrected chi connectivity index (χ0v) is 19.7. The third-order valence-corrected chi connectivity index (χ3v) is 7.33. The first-order valence-electron chi connectivity index (χ1n) is 9.90. The summed E-state index contributed by atoms with van der Waals surface area (Å²) in [5.74, 6) is 1.10. The summed E-state index contributed by atoms with van der Waals surface area (Å²) in [6.45, 7) is 5.87. The molecule has 0 fully saturated rings. The Morgan fingerprint density at radius 2 is 2.06 bits per heavy atom. The van der Waals surface area contributed by atoms with Crippen LogP contribution in [0.15, 0.2) is 46.2 Å². The molecule has 2 N–H and O–H groups in total. The molecule has 4 aromatic rings. The van der Waals surface area contributed by atoms with Crippen LogP contribution in [0.5, 0.6) is 5.88 Å². The number of hydrogen-bond donors (Lipinski definition) is 2. The minimum Gasteiger partial charge on any atom is -0.480 e. The minimum absolute atomic E-state index is 0.238. The van der Waals surface area contributed by atoms with Crippen molar-refractivity contribution in [2.24, 2.45) is 0 Å². The number of carbonyl (C=O) groups excluding carboxylic acids is 1. The van der Waals surface area contributed by atoms with E-state index in [0.29, 0.717) is 43.8 Å². The van der Waals surface area contributed by atoms with Crippen LogP contribution >= 0.6 is 23.1 Å². The van der Waals surface area contributed by atoms with Crippen LogP contribution in [0.1, 0.15) is 32.2 Å². The normalized spacial score (nSPS) is 11.0. The van der Waals surface area contributed by atoms with Gasteiger partial charge in [-0.15, -0.1) is 23.1 Å². The second kappa shape index (κ2) is 9.13. The van der Waals surface area contributed by atoms with Gasteiger partial charge in [-0.2, -0.15) is 0 Å². The highest BCUT2D eigenvalue weighted by atomic mass is 32.2. The van der Waals surface area contributed by atoms with Crippen molar-refractivity contribution in [2.75, 3.05) is 12.4 Å². The van der Waals surface area contributed by atoms with Gasteiger partial charge in [0.25, 0.3) is 11.5 Å². The van der Waals surface area contributed by atoms with E-state index in [2.05, 4.69) is 52.3 Å². The van der Waals surface area contributed by atoms with Crippen LogP contribution in [0.3, 0.4) is 0 Å². The molecule has 0 radical (unpaired) electrons. The maximum absolute atomic E-state index is 12.9. The van der Waals surface area contributed by atoms with Gasteiger partial charge in [0.15, 0.2) is 0 Å². The zero-order valence-electron chi connectivity index (χ0n) is 18.1. The van der Waals surface area contributed by atoms with Crippen LogP contribution in [-0.2, 0) is 5.75 Å². The van der Waals surface area contributed by atoms with Crippen molar-refractivity contribution < 1.29 is 9.53 Å². The lowest BCUT2D eigenvalue weighted by Gasteiger charge is -2.08. The molecule has 164 valence electrons. The molecular formula is C23H22N4O3S2. The minimum atomic E-state index is -0.331. The summed E-state index contributed by atoms with van der Waals surface area (Å²) < 4.78 is 5.19. The molecule has 0 bridgehead atoms. The number of rotatable bonds is 6. The first-order valence-corrected chi connectivity index (χ1v) is 11.7. The highest BCUT2D eigenvalue weighted by Crippen LogP contribution is 2.30. The number of thiophene rings is 1. The van der Waals surface area contributed by atoms with Crippen LogP contribution < -0.4 is 15.6 Å². The molecule has 3 aromatic heterocycles. The number of carbonyl (C=O) groups is 1. The summed E-state index contributed by atoms with van der Waals surface area (Å²) in [6, 6.07) is 9.71. The number of nitrogens with one attached hydrogen (secondary N) is 2. The number of nitrogens with zero attached hydrogens (tertiary/aromatic N) is 2. The Bertz CT molecular complexity index is 1380. The summed E-state index contributed by atoms with van der Waals surface area (Å²) in [7, 11) is 1.49. The van der Waals surface area contributed by atoms with Gasteiger partial charge in [0, 0.05) is 11.1 Å². The van der Waals surface area contributed by atoms with Crippen molar-refractivity contribution in [3.8, 4) is 5.88 Å². The van der Waals surface area contributed by atoms with Gasteiger partial charge < -0.3 is 15.0 Å². The van der Waals surface area contributed by atoms with Gasteiger partial charge in [0.1, 0.15) is 16.3 Å². The van der Waals surface area contributed by atoms with Gasteiger partial charge in [-0.3, -0.25) is 9.59 Å². The van der Waals surface area contributed by atoms with Crippen LogP contribution in [-0.4, -0.2) is 28.0 Å². The number of aromatic nitrogens is 3. The van der Waals surface area contributed by atoms with Crippen LogP contribution in [0.4, 0.5) is 5.69 Å². The summed E-state index contributed by atoms with van der Waals surface area (Å²) in [5, 5.41) is 3.25. The molecule has 0 aliphatic heterocycles. The predicted molar refractivity (Wildman–Crippen MR) is 129 cm³/mol. The first-order chi connectivity index (χ1) is 15.4. The Hall–Kier alpha value is -3.17. The number of aryl methyl sites for hydroxylation is 3. The molecule has 7 nitrogen and oxygen atoms in total. The number of hydrogen-bond acceptors (Lipinski definition) is 7. The molecule has 1 aromatic carbocycles. The van der Waals surface area contributed by atoms with E-state index in [1.807, 2.05) is 0 Å². The molecule has 0 aliphatic rings. The number of benzene rings is 1. The smallest absolute Gasteiger partial charge is 0.266 e. The number of anilines is 1. The lowest BCUT2D eigenvalue weighted by molar-refractivity contribution is 0.102. The van der Waals surface area contributed by atoms with Gasteiger partial charge >= 0.3 is 0 Å². The summed E-state index contributed by atoms with van der Waals surface area (Å²) >= 11 is 2.83. The number of methoxy groups -OCH3 is 1. The fourth-order valence-electron chi connectivity index (χ4n) is 3.31. The molecule has 0 aliphatic carbocycles. The van der Waals surface area contributed by atoms with E-state index < -0.39 is 0 Å². The fraction of sp³-hybridized carbons (Fsp3) is 0.217. The number of thioether (sulfide) groups is 1. The molecule has 3 heterocycles. The number of amides is 1. The average Bonchev–Trinajstić information content (AvgIpc) is 3.11. The monoisotopic (exact) mass is 466 g/mol. The molecule has 0 spiro atoms. The SMILES string of the molecule is COc1ncccc1NC(=O)c1sc2nc(CSc3cc(C)ccc3C)[nH]c(=O)c2c1C. The fourth-order valence-corrected chi connectivity index (χ4v) is 5.40. The third-order valence-electron chi connectivity index (χ3n) is 4.98. The lowest BCUT2D eigenvalue weighted by Crippen LogP contribution is -2.14. The second-order valence-electron chi connectivity index (χ2n) is 7.32. The summed E-state index contributed by atoms with van der Waals surface area (Å²) in [6.07, 6.45) is 1.58. The van der Waals surface area contributed by atoms with Gasteiger partial charge in [-0.05, 0) is 50.1 Å². The third kappa shape index (κ3) is 4.39. The number of H-pyrrole nitrogens is 1. The van der Waals surface area contributed by atoms with Crippen LogP contribution in [0.25, 0.3) is 10.2 Å². The van der Waals surface area contributed by atoms with E-state index in [0.717, 1.165) is 4.90 Å². The van der Waals surface area contributed by atoms with Gasteiger partial charge in [0.05, 0.1) is 23.1 Å². The molecule has 4 rings (SSSR count). The molecular weight excluding hydrogens is 444 g/mol. The molecule has 0 saturated carbocycles. The van der Waals surface area contributed by atoms with Crippen molar-refractivity contribution in [1.82, 2.24) is 15.0 Å². The highest BCUT2D eigenvalue weighted by molar-refractivity contribution is 7.98. The zero-order chi connectivity index (χ0) is 22.8. The van der Waals surface area contributed by atoms with E-state index >= 15 is 0 Å². The van der Waals surface area contributed by atoms with Crippen LogP contribution in [0, 0.1) is 20.8 Å². The molecule has 0 atom stereocenters. The van der Waals surface area contributed by atoms with Crippen molar-refractivity contribution in [1.29, 1.82) is 0 Å². The molecule has 1 amide bonds. The second-order valence-corrected chi connectivity index (χ2v) is 9.34. The van der Waals surface area contributed by atoms with E-state index in [4.69, 9.17) is 4.74 Å². The lowest BCUT2D eigenvalue weighted by atomic mass is 10.2. The Balaban J connectivity index is 1.62. The van der Waals surface area contributed by atoms with E-state index in [-0.39, 0.29) is 11.5 Å². The van der Waals surface area contributed by atoms with Crippen molar-refractivity contribution in [3.05, 3.63) is 74.3 Å². The summed E-state index contributed by atoms with van der Waals surface area (Å²) in [4.78, 5) is 39.4. The highest BCUT2D eigenvalue weighted by Gasteiger charge is 2.20. The Morgan fingerprint density at radius 1 is 1.25 bits per heavy atom. The molecule has 0 saturated heterocycles. The van der Waals surface area contributed by atoms with E-state index in [9.17, 15) is 9.59 Å². The Kier molecular flexibility index (Phi) is 6.29. The maximum Gasteiger partial charge on any atom is 0.266 e. The number of ether oxygens (including phenoxy) is 1.